The van der Waals surface area contributed by atoms with Crippen molar-refractivity contribution < 1.29 is 9.05 Å². The molecule has 0 bridgehead atoms. The molecule has 0 unspecified atom stereocenters. The molecule has 0 amide bonds. The fraction of sp³-hybridized carbons (Fsp3) is 0.733. The smallest absolute Gasteiger partial charge is 0.243 e. The van der Waals surface area contributed by atoms with Crippen molar-refractivity contribution in [3.63, 3.8) is 0 Å². The van der Waals surface area contributed by atoms with Gasteiger partial charge in [-0.1, -0.05) is 10.3 Å². The summed E-state index contributed by atoms with van der Waals surface area (Å²) in [4.78, 5) is 11.3. The number of likely N-dealkylation sites (tertiary alicyclic amines) is 1. The van der Waals surface area contributed by atoms with Crippen LogP contribution in [0.4, 0.5) is 0 Å². The van der Waals surface area contributed by atoms with Gasteiger partial charge in [-0.3, -0.25) is 4.90 Å². The molecule has 4 rings (SSSR count). The Morgan fingerprint density at radius 1 is 1.09 bits per heavy atom. The molecule has 3 heterocycles. The normalized spacial score (nSPS) is 24.5. The van der Waals surface area contributed by atoms with E-state index in [1.807, 2.05) is 6.92 Å². The van der Waals surface area contributed by atoms with E-state index in [0.29, 0.717) is 23.6 Å². The molecule has 2 atom stereocenters. The van der Waals surface area contributed by atoms with Gasteiger partial charge in [0.05, 0.1) is 6.04 Å². The van der Waals surface area contributed by atoms with Gasteiger partial charge in [0.2, 0.25) is 11.8 Å². The highest BCUT2D eigenvalue weighted by Gasteiger charge is 2.33. The van der Waals surface area contributed by atoms with E-state index in [0.717, 1.165) is 37.6 Å². The SMILES string of the molecule is Cc1noc([C@@H](C)N2CCC[C@@H](c3noc(C4CC4)n3)C2)n1. The zero-order valence-corrected chi connectivity index (χ0v) is 13.0. The minimum Gasteiger partial charge on any atom is -0.339 e. The molecule has 2 fully saturated rings. The van der Waals surface area contributed by atoms with Gasteiger partial charge in [0.15, 0.2) is 11.6 Å². The van der Waals surface area contributed by atoms with Crippen molar-refractivity contribution in [2.24, 2.45) is 0 Å². The van der Waals surface area contributed by atoms with Crippen LogP contribution in [0, 0.1) is 6.92 Å². The molecule has 1 aliphatic carbocycles. The van der Waals surface area contributed by atoms with Gasteiger partial charge in [-0.2, -0.15) is 9.97 Å². The van der Waals surface area contributed by atoms with E-state index < -0.39 is 0 Å². The number of aryl methyl sites for hydroxylation is 1. The van der Waals surface area contributed by atoms with Crippen LogP contribution < -0.4 is 0 Å². The second-order valence-corrected chi connectivity index (χ2v) is 6.45. The molecule has 1 aliphatic heterocycles. The van der Waals surface area contributed by atoms with E-state index in [1.54, 1.807) is 0 Å². The predicted molar refractivity (Wildman–Crippen MR) is 77.3 cm³/mol. The topological polar surface area (TPSA) is 81.1 Å². The third kappa shape index (κ3) is 2.65. The summed E-state index contributed by atoms with van der Waals surface area (Å²) in [6.07, 6.45) is 4.60. The quantitative estimate of drug-likeness (QED) is 0.858. The first kappa shape index (κ1) is 13.9. The second-order valence-electron chi connectivity index (χ2n) is 6.45. The third-order valence-electron chi connectivity index (χ3n) is 4.65. The summed E-state index contributed by atoms with van der Waals surface area (Å²) in [5.74, 6) is 3.90. The van der Waals surface area contributed by atoms with Gasteiger partial charge in [0, 0.05) is 18.4 Å². The maximum Gasteiger partial charge on any atom is 0.243 e. The molecule has 7 heteroatoms. The van der Waals surface area contributed by atoms with Crippen LogP contribution in [0.1, 0.15) is 73.9 Å². The number of hydrogen-bond donors (Lipinski definition) is 0. The molecule has 2 aliphatic rings. The Balaban J connectivity index is 1.46. The zero-order chi connectivity index (χ0) is 15.1. The third-order valence-corrected chi connectivity index (χ3v) is 4.65. The number of nitrogens with zero attached hydrogens (tertiary/aromatic N) is 5. The van der Waals surface area contributed by atoms with Crippen LogP contribution in [-0.4, -0.2) is 38.3 Å². The lowest BCUT2D eigenvalue weighted by molar-refractivity contribution is 0.130. The molecule has 22 heavy (non-hydrogen) atoms. The standard InChI is InChI=1S/C15H21N5O2/c1-9(14-16-10(2)18-21-14)20-7-3-4-12(8-20)13-17-15(22-19-13)11-5-6-11/h9,11-12H,3-8H2,1-2H3/t9-,12-/m1/s1. The van der Waals surface area contributed by atoms with Crippen molar-refractivity contribution in [3.05, 3.63) is 23.4 Å². The van der Waals surface area contributed by atoms with Crippen LogP contribution in [0.2, 0.25) is 0 Å². The van der Waals surface area contributed by atoms with Gasteiger partial charge in [-0.25, -0.2) is 0 Å². The molecule has 1 saturated carbocycles. The van der Waals surface area contributed by atoms with E-state index >= 15 is 0 Å². The average molecular weight is 303 g/mol. The Bertz CT molecular complexity index is 648. The first-order valence-electron chi connectivity index (χ1n) is 8.08. The highest BCUT2D eigenvalue weighted by atomic mass is 16.5. The minimum atomic E-state index is 0.124. The van der Waals surface area contributed by atoms with Gasteiger partial charge in [0.25, 0.3) is 0 Å². The molecule has 118 valence electrons. The molecule has 0 aromatic carbocycles. The summed E-state index contributed by atoms with van der Waals surface area (Å²) in [5.41, 5.74) is 0. The van der Waals surface area contributed by atoms with Crippen molar-refractivity contribution in [2.45, 2.75) is 57.4 Å². The lowest BCUT2D eigenvalue weighted by Gasteiger charge is -2.34. The first-order valence-corrected chi connectivity index (χ1v) is 8.08. The van der Waals surface area contributed by atoms with Crippen molar-refractivity contribution in [1.82, 2.24) is 25.2 Å². The Hall–Kier alpha value is -1.76. The Morgan fingerprint density at radius 3 is 2.68 bits per heavy atom. The van der Waals surface area contributed by atoms with E-state index in [1.165, 1.54) is 12.8 Å². The van der Waals surface area contributed by atoms with Crippen molar-refractivity contribution in [3.8, 4) is 0 Å². The Morgan fingerprint density at radius 2 is 1.95 bits per heavy atom. The fourth-order valence-electron chi connectivity index (χ4n) is 3.12. The lowest BCUT2D eigenvalue weighted by atomic mass is 9.96. The molecule has 2 aromatic heterocycles. The zero-order valence-electron chi connectivity index (χ0n) is 13.0. The predicted octanol–water partition coefficient (Wildman–Crippen LogP) is 2.58. The maximum absolute atomic E-state index is 5.40. The van der Waals surface area contributed by atoms with Crippen molar-refractivity contribution >= 4 is 0 Å². The molecule has 0 N–H and O–H groups in total. The van der Waals surface area contributed by atoms with Gasteiger partial charge in [-0.15, -0.1) is 0 Å². The summed E-state index contributed by atoms with van der Waals surface area (Å²) in [7, 11) is 0. The number of rotatable bonds is 4. The van der Waals surface area contributed by atoms with Crippen LogP contribution in [0.3, 0.4) is 0 Å². The van der Waals surface area contributed by atoms with Gasteiger partial charge < -0.3 is 9.05 Å². The van der Waals surface area contributed by atoms with Gasteiger partial charge in [-0.05, 0) is 46.1 Å². The monoisotopic (exact) mass is 303 g/mol. The molecule has 2 aromatic rings. The van der Waals surface area contributed by atoms with Crippen LogP contribution in [0.5, 0.6) is 0 Å². The van der Waals surface area contributed by atoms with Gasteiger partial charge >= 0.3 is 0 Å². The Kier molecular flexibility index (Phi) is 3.44. The number of hydrogen-bond acceptors (Lipinski definition) is 7. The van der Waals surface area contributed by atoms with Crippen molar-refractivity contribution in [2.75, 3.05) is 13.1 Å². The lowest BCUT2D eigenvalue weighted by Crippen LogP contribution is -2.36. The van der Waals surface area contributed by atoms with Crippen LogP contribution in [0.25, 0.3) is 0 Å². The van der Waals surface area contributed by atoms with Crippen molar-refractivity contribution in [1.29, 1.82) is 0 Å². The second kappa shape index (κ2) is 5.46. The maximum atomic E-state index is 5.40. The molecular formula is C15H21N5O2. The molecule has 0 radical (unpaired) electrons. The highest BCUT2D eigenvalue weighted by molar-refractivity contribution is 5.06. The Labute approximate surface area is 129 Å². The average Bonchev–Trinajstić information content (AvgIpc) is 3.10. The van der Waals surface area contributed by atoms with E-state index in [2.05, 4.69) is 32.1 Å². The van der Waals surface area contributed by atoms with Crippen LogP contribution >= 0.6 is 0 Å². The summed E-state index contributed by atoms with van der Waals surface area (Å²) in [6, 6.07) is 0.124. The first-order chi connectivity index (χ1) is 10.7. The van der Waals surface area contributed by atoms with Crippen LogP contribution in [0.15, 0.2) is 9.05 Å². The fourth-order valence-corrected chi connectivity index (χ4v) is 3.12. The van der Waals surface area contributed by atoms with Crippen LogP contribution in [-0.2, 0) is 0 Å². The number of aromatic nitrogens is 4. The summed E-state index contributed by atoms with van der Waals surface area (Å²) < 4.78 is 10.7. The highest BCUT2D eigenvalue weighted by Crippen LogP contribution is 2.40. The number of piperidine rings is 1. The van der Waals surface area contributed by atoms with E-state index in [9.17, 15) is 0 Å². The summed E-state index contributed by atoms with van der Waals surface area (Å²) >= 11 is 0. The van der Waals surface area contributed by atoms with E-state index in [4.69, 9.17) is 9.05 Å². The largest absolute Gasteiger partial charge is 0.339 e. The molecule has 0 spiro atoms. The van der Waals surface area contributed by atoms with E-state index in [-0.39, 0.29) is 6.04 Å². The molecule has 7 nitrogen and oxygen atoms in total. The van der Waals surface area contributed by atoms with Gasteiger partial charge in [0.1, 0.15) is 0 Å². The minimum absolute atomic E-state index is 0.124. The molecular weight excluding hydrogens is 282 g/mol. The molecule has 1 saturated heterocycles. The summed E-state index contributed by atoms with van der Waals surface area (Å²) in [6.45, 7) is 5.90. The summed E-state index contributed by atoms with van der Waals surface area (Å²) in [5, 5.41) is 8.09.